The number of nitrogens with zero attached hydrogens (tertiary/aromatic N) is 2. The van der Waals surface area contributed by atoms with E-state index in [2.05, 4.69) is 38.8 Å². The molecule has 0 amide bonds. The smallest absolute Gasteiger partial charge is 0.143 e. The van der Waals surface area contributed by atoms with E-state index in [1.165, 1.54) is 0 Å². The van der Waals surface area contributed by atoms with Crippen LogP contribution in [0.15, 0.2) is 16.7 Å². The van der Waals surface area contributed by atoms with Gasteiger partial charge >= 0.3 is 0 Å². The maximum atomic E-state index is 5.83. The van der Waals surface area contributed by atoms with E-state index >= 15 is 0 Å². The lowest BCUT2D eigenvalue weighted by Crippen LogP contribution is -2.48. The van der Waals surface area contributed by atoms with E-state index in [1.54, 1.807) is 7.11 Å². The number of hydrogen-bond donors (Lipinski definition) is 0. The Morgan fingerprint density at radius 2 is 2.33 bits per heavy atom. The number of ether oxygens (including phenoxy) is 2. The second-order valence-electron chi connectivity index (χ2n) is 4.75. The van der Waals surface area contributed by atoms with Gasteiger partial charge in [0, 0.05) is 26.4 Å². The van der Waals surface area contributed by atoms with Gasteiger partial charge in [0.2, 0.25) is 0 Å². The van der Waals surface area contributed by atoms with Crippen LogP contribution in [0.2, 0.25) is 0 Å². The van der Waals surface area contributed by atoms with Gasteiger partial charge in [0.25, 0.3) is 0 Å². The maximum Gasteiger partial charge on any atom is 0.143 e. The minimum atomic E-state index is 0.105. The van der Waals surface area contributed by atoms with E-state index in [9.17, 15) is 0 Å². The van der Waals surface area contributed by atoms with Crippen LogP contribution in [0.4, 0.5) is 5.82 Å². The molecule has 0 radical (unpaired) electrons. The molecule has 2 rings (SSSR count). The molecule has 5 heteroatoms. The van der Waals surface area contributed by atoms with Crippen molar-refractivity contribution in [2.75, 3.05) is 31.7 Å². The Bertz CT molecular complexity index is 414. The summed E-state index contributed by atoms with van der Waals surface area (Å²) in [6.45, 7) is 6.40. The van der Waals surface area contributed by atoms with Gasteiger partial charge in [-0.15, -0.1) is 0 Å². The summed E-state index contributed by atoms with van der Waals surface area (Å²) < 4.78 is 12.0. The van der Waals surface area contributed by atoms with Crippen LogP contribution in [-0.4, -0.2) is 44.0 Å². The highest BCUT2D eigenvalue weighted by atomic mass is 79.9. The molecule has 2 atom stereocenters. The van der Waals surface area contributed by atoms with E-state index in [0.717, 1.165) is 28.9 Å². The first-order chi connectivity index (χ1) is 8.60. The highest BCUT2D eigenvalue weighted by molar-refractivity contribution is 9.10. The lowest BCUT2D eigenvalue weighted by Gasteiger charge is -2.37. The van der Waals surface area contributed by atoms with E-state index in [1.807, 2.05) is 13.1 Å². The van der Waals surface area contributed by atoms with Crippen LogP contribution in [0.5, 0.6) is 0 Å². The van der Waals surface area contributed by atoms with Crippen molar-refractivity contribution < 1.29 is 9.47 Å². The Balaban J connectivity index is 2.16. The molecule has 0 aromatic carbocycles. The van der Waals surface area contributed by atoms with Gasteiger partial charge in [0.1, 0.15) is 5.82 Å². The van der Waals surface area contributed by atoms with E-state index in [4.69, 9.17) is 9.47 Å². The van der Waals surface area contributed by atoms with Crippen LogP contribution in [0, 0.1) is 6.92 Å². The van der Waals surface area contributed by atoms with Crippen molar-refractivity contribution >= 4 is 21.7 Å². The fourth-order valence-electron chi connectivity index (χ4n) is 2.26. The van der Waals surface area contributed by atoms with Crippen LogP contribution < -0.4 is 4.90 Å². The molecule has 0 saturated carbocycles. The molecule has 0 N–H and O–H groups in total. The molecule has 1 fully saturated rings. The zero-order valence-electron chi connectivity index (χ0n) is 11.0. The summed E-state index contributed by atoms with van der Waals surface area (Å²) >= 11 is 3.59. The minimum Gasteiger partial charge on any atom is -0.382 e. The maximum absolute atomic E-state index is 5.83. The summed E-state index contributed by atoms with van der Waals surface area (Å²) in [5.41, 5.74) is 1.15. The van der Waals surface area contributed by atoms with Gasteiger partial charge in [-0.25, -0.2) is 4.98 Å². The third kappa shape index (κ3) is 3.22. The summed E-state index contributed by atoms with van der Waals surface area (Å²) in [7, 11) is 1.70. The van der Waals surface area contributed by atoms with Crippen molar-refractivity contribution in [2.24, 2.45) is 0 Å². The predicted molar refractivity (Wildman–Crippen MR) is 75.1 cm³/mol. The van der Waals surface area contributed by atoms with E-state index in [-0.39, 0.29) is 12.2 Å². The van der Waals surface area contributed by atoms with Crippen LogP contribution in [0.3, 0.4) is 0 Å². The molecule has 0 aliphatic carbocycles. The molecule has 1 aliphatic rings. The Morgan fingerprint density at radius 1 is 1.56 bits per heavy atom. The summed E-state index contributed by atoms with van der Waals surface area (Å²) in [4.78, 5) is 6.76. The largest absolute Gasteiger partial charge is 0.382 e. The van der Waals surface area contributed by atoms with Gasteiger partial charge in [-0.1, -0.05) is 0 Å². The first-order valence-corrected chi connectivity index (χ1v) is 6.91. The molecular weight excluding hydrogens is 296 g/mol. The second-order valence-corrected chi connectivity index (χ2v) is 5.60. The Hall–Kier alpha value is -0.650. The monoisotopic (exact) mass is 314 g/mol. The van der Waals surface area contributed by atoms with E-state index in [0.29, 0.717) is 6.61 Å². The topological polar surface area (TPSA) is 34.6 Å². The molecule has 18 heavy (non-hydrogen) atoms. The molecule has 4 nitrogen and oxygen atoms in total. The van der Waals surface area contributed by atoms with Gasteiger partial charge in [-0.3, -0.25) is 0 Å². The van der Waals surface area contributed by atoms with Crippen LogP contribution >= 0.6 is 15.9 Å². The predicted octanol–water partition coefficient (Wildman–Crippen LogP) is 2.39. The molecule has 1 aromatic heterocycles. The second kappa shape index (κ2) is 5.99. The van der Waals surface area contributed by atoms with Crippen LogP contribution in [0.25, 0.3) is 0 Å². The third-order valence-electron chi connectivity index (χ3n) is 2.94. The Kier molecular flexibility index (Phi) is 4.59. The normalized spacial score (nSPS) is 24.3. The molecule has 0 bridgehead atoms. The molecule has 2 heterocycles. The molecule has 1 aliphatic heterocycles. The molecule has 1 saturated heterocycles. The van der Waals surface area contributed by atoms with Crippen molar-refractivity contribution in [3.8, 4) is 0 Å². The molecule has 100 valence electrons. The number of aryl methyl sites for hydroxylation is 1. The zero-order chi connectivity index (χ0) is 13.1. The van der Waals surface area contributed by atoms with Crippen molar-refractivity contribution in [1.82, 2.24) is 4.98 Å². The van der Waals surface area contributed by atoms with Crippen LogP contribution in [-0.2, 0) is 9.47 Å². The number of hydrogen-bond acceptors (Lipinski definition) is 4. The minimum absolute atomic E-state index is 0.105. The number of anilines is 1. The van der Waals surface area contributed by atoms with Gasteiger partial charge in [0.05, 0.1) is 23.3 Å². The standard InChI is InChI=1S/C13H19BrN2O2/c1-9-4-12(14)13(15-5-9)16-6-10(2)18-11(7-16)8-17-3/h4-5,10-11H,6-8H2,1-3H3/t10-,11+/m1/s1. The molecule has 1 aromatic rings. The van der Waals surface area contributed by atoms with E-state index < -0.39 is 0 Å². The lowest BCUT2D eigenvalue weighted by atomic mass is 10.2. The molecule has 0 unspecified atom stereocenters. The third-order valence-corrected chi connectivity index (χ3v) is 3.52. The number of rotatable bonds is 3. The molecule has 0 spiro atoms. The summed E-state index contributed by atoms with van der Waals surface area (Å²) in [6.07, 6.45) is 2.19. The van der Waals surface area contributed by atoms with Gasteiger partial charge < -0.3 is 14.4 Å². The van der Waals surface area contributed by atoms with Gasteiger partial charge in [0.15, 0.2) is 0 Å². The fraction of sp³-hybridized carbons (Fsp3) is 0.615. The number of halogens is 1. The number of aromatic nitrogens is 1. The van der Waals surface area contributed by atoms with Crippen molar-refractivity contribution in [1.29, 1.82) is 0 Å². The Morgan fingerprint density at radius 3 is 3.00 bits per heavy atom. The summed E-state index contributed by atoms with van der Waals surface area (Å²) in [6, 6.07) is 2.09. The number of morpholine rings is 1. The SMILES string of the molecule is COC[C@@H]1CN(c2ncc(C)cc2Br)C[C@@H](C)O1. The van der Waals surface area contributed by atoms with Gasteiger partial charge in [-0.05, 0) is 41.4 Å². The first-order valence-electron chi connectivity index (χ1n) is 6.11. The number of pyridine rings is 1. The van der Waals surface area contributed by atoms with Crippen molar-refractivity contribution in [3.05, 3.63) is 22.3 Å². The van der Waals surface area contributed by atoms with Gasteiger partial charge in [-0.2, -0.15) is 0 Å². The first kappa shape index (κ1) is 13.8. The van der Waals surface area contributed by atoms with Crippen LogP contribution in [0.1, 0.15) is 12.5 Å². The lowest BCUT2D eigenvalue weighted by molar-refractivity contribution is -0.0513. The highest BCUT2D eigenvalue weighted by Crippen LogP contribution is 2.27. The fourth-order valence-corrected chi connectivity index (χ4v) is 2.97. The summed E-state index contributed by atoms with van der Waals surface area (Å²) in [5, 5.41) is 0. The van der Waals surface area contributed by atoms with Crippen molar-refractivity contribution in [2.45, 2.75) is 26.1 Å². The summed E-state index contributed by atoms with van der Waals surface area (Å²) in [5.74, 6) is 0.983. The quantitative estimate of drug-likeness (QED) is 0.858. The zero-order valence-corrected chi connectivity index (χ0v) is 12.6. The Labute approximate surface area is 116 Å². The number of methoxy groups -OCH3 is 1. The van der Waals surface area contributed by atoms with Crippen molar-refractivity contribution in [3.63, 3.8) is 0 Å². The highest BCUT2D eigenvalue weighted by Gasteiger charge is 2.27. The average Bonchev–Trinajstić information content (AvgIpc) is 2.28. The average molecular weight is 315 g/mol. The molecular formula is C13H19BrN2O2.